The fourth-order valence-corrected chi connectivity index (χ4v) is 3.67. The molecule has 0 fully saturated rings. The normalized spacial score (nSPS) is 16.8. The summed E-state index contributed by atoms with van der Waals surface area (Å²) < 4.78 is 34.3. The minimum Gasteiger partial charge on any atom is -0.768 e. The van der Waals surface area contributed by atoms with Crippen LogP contribution in [-0.4, -0.2) is 35.2 Å². The second kappa shape index (κ2) is 8.80. The Hall–Kier alpha value is -1.15. The molecule has 0 spiro atoms. The lowest BCUT2D eigenvalue weighted by Crippen LogP contribution is -2.34. The van der Waals surface area contributed by atoms with Gasteiger partial charge in [-0.2, -0.15) is 0 Å². The summed E-state index contributed by atoms with van der Waals surface area (Å²) in [5.74, 6) is 1.19. The zero-order valence-corrected chi connectivity index (χ0v) is 15.2. The first-order chi connectivity index (χ1) is 11.5. The van der Waals surface area contributed by atoms with E-state index in [-0.39, 0.29) is 12.2 Å². The molecular formula is C17H27N2O4S-. The first-order valence-corrected chi connectivity index (χ1v) is 9.50. The van der Waals surface area contributed by atoms with Crippen LogP contribution in [0.2, 0.25) is 0 Å². The number of benzene rings is 1. The van der Waals surface area contributed by atoms with Crippen molar-refractivity contribution in [3.05, 3.63) is 17.7 Å². The van der Waals surface area contributed by atoms with Gasteiger partial charge in [0.2, 0.25) is 6.79 Å². The highest BCUT2D eigenvalue weighted by atomic mass is 32.2. The predicted molar refractivity (Wildman–Crippen MR) is 93.0 cm³/mol. The molecule has 24 heavy (non-hydrogen) atoms. The van der Waals surface area contributed by atoms with Crippen LogP contribution in [0, 0.1) is 5.41 Å². The number of nitrogens with two attached hydrogens (primary N) is 1. The van der Waals surface area contributed by atoms with E-state index in [9.17, 15) is 8.76 Å². The maximum atomic E-state index is 11.7. The van der Waals surface area contributed by atoms with Crippen molar-refractivity contribution in [2.75, 3.05) is 26.4 Å². The van der Waals surface area contributed by atoms with E-state index in [1.165, 1.54) is 0 Å². The molecule has 1 aliphatic rings. The van der Waals surface area contributed by atoms with Gasteiger partial charge in [0.1, 0.15) is 0 Å². The fourth-order valence-electron chi connectivity index (χ4n) is 3.12. The van der Waals surface area contributed by atoms with Crippen LogP contribution in [0.5, 0.6) is 11.5 Å². The molecule has 0 aromatic heterocycles. The summed E-state index contributed by atoms with van der Waals surface area (Å²) in [5, 5.41) is 3.40. The number of nitrogens with one attached hydrogen (secondary N) is 1. The average molecular weight is 355 g/mol. The molecule has 0 saturated heterocycles. The van der Waals surface area contributed by atoms with E-state index in [4.69, 9.17) is 15.2 Å². The lowest BCUT2D eigenvalue weighted by atomic mass is 9.78. The molecule has 0 saturated carbocycles. The van der Waals surface area contributed by atoms with Gasteiger partial charge in [0.15, 0.2) is 11.5 Å². The van der Waals surface area contributed by atoms with Crippen molar-refractivity contribution in [1.29, 1.82) is 0 Å². The summed E-state index contributed by atoms with van der Waals surface area (Å²) in [5.41, 5.74) is 6.25. The second-order valence-corrected chi connectivity index (χ2v) is 7.43. The zero-order chi connectivity index (χ0) is 17.6. The van der Waals surface area contributed by atoms with Crippen LogP contribution in [0.4, 0.5) is 0 Å². The number of rotatable bonds is 10. The maximum absolute atomic E-state index is 11.7. The second-order valence-electron chi connectivity index (χ2n) is 6.52. The highest BCUT2D eigenvalue weighted by Crippen LogP contribution is 2.42. The fraction of sp³-hybridized carbons (Fsp3) is 0.647. The Morgan fingerprint density at radius 3 is 2.83 bits per heavy atom. The first-order valence-electron chi connectivity index (χ1n) is 8.42. The maximum Gasteiger partial charge on any atom is 0.231 e. The Kier molecular flexibility index (Phi) is 7.03. The van der Waals surface area contributed by atoms with Crippen molar-refractivity contribution in [3.8, 4) is 11.5 Å². The number of fused-ring (bicyclic) bond motifs is 1. The Morgan fingerprint density at radius 1 is 1.38 bits per heavy atom. The molecule has 2 unspecified atom stereocenters. The highest BCUT2D eigenvalue weighted by molar-refractivity contribution is 7.79. The standard InChI is InChI=1S/C17H28N2O4S/c1-3-19-11-17(2,8-4-5-9-18)10-13-15(24(20)21)7-6-14-16(13)23-12-22-14/h6-7,19H,3-5,8-12,18H2,1-2H3,(H,20,21)/p-1. The van der Waals surface area contributed by atoms with Gasteiger partial charge in [0, 0.05) is 17.0 Å². The molecule has 1 heterocycles. The SMILES string of the molecule is CCNCC(C)(CCCCN)Cc1c(S(=O)[O-])ccc2c1OCO2. The predicted octanol–water partition coefficient (Wildman–Crippen LogP) is 1.94. The Balaban J connectivity index is 2.30. The number of ether oxygens (including phenoxy) is 2. The third-order valence-corrected chi connectivity index (χ3v) is 5.16. The highest BCUT2D eigenvalue weighted by Gasteiger charge is 2.30. The minimum absolute atomic E-state index is 0.0830. The van der Waals surface area contributed by atoms with Crippen LogP contribution in [0.15, 0.2) is 17.0 Å². The lowest BCUT2D eigenvalue weighted by molar-refractivity contribution is 0.172. The molecule has 0 radical (unpaired) electrons. The number of hydrogen-bond acceptors (Lipinski definition) is 6. The van der Waals surface area contributed by atoms with Crippen LogP contribution < -0.4 is 20.5 Å². The van der Waals surface area contributed by atoms with Crippen LogP contribution >= 0.6 is 0 Å². The van der Waals surface area contributed by atoms with Gasteiger partial charge >= 0.3 is 0 Å². The number of unbranched alkanes of at least 4 members (excludes halogenated alkanes) is 1. The summed E-state index contributed by atoms with van der Waals surface area (Å²) in [7, 11) is 0. The molecule has 0 amide bonds. The van der Waals surface area contributed by atoms with E-state index >= 15 is 0 Å². The van der Waals surface area contributed by atoms with Gasteiger partial charge in [0.25, 0.3) is 0 Å². The van der Waals surface area contributed by atoms with Crippen molar-refractivity contribution in [1.82, 2.24) is 5.32 Å². The van der Waals surface area contributed by atoms with E-state index in [2.05, 4.69) is 19.2 Å². The molecule has 1 aromatic rings. The van der Waals surface area contributed by atoms with Crippen LogP contribution in [0.3, 0.4) is 0 Å². The van der Waals surface area contributed by atoms with Gasteiger partial charge in [-0.05, 0) is 61.0 Å². The van der Waals surface area contributed by atoms with Gasteiger partial charge in [0.05, 0.1) is 0 Å². The molecular weight excluding hydrogens is 328 g/mol. The number of hydrogen-bond donors (Lipinski definition) is 2. The van der Waals surface area contributed by atoms with E-state index in [1.807, 2.05) is 0 Å². The molecule has 2 rings (SSSR count). The molecule has 0 aliphatic carbocycles. The smallest absolute Gasteiger partial charge is 0.231 e. The Morgan fingerprint density at radius 2 is 2.17 bits per heavy atom. The molecule has 7 heteroatoms. The first kappa shape index (κ1) is 19.2. The topological polar surface area (TPSA) is 96.6 Å². The van der Waals surface area contributed by atoms with Gasteiger partial charge in [-0.25, -0.2) is 0 Å². The third kappa shape index (κ3) is 4.69. The molecule has 0 bridgehead atoms. The summed E-state index contributed by atoms with van der Waals surface area (Å²) in [6, 6.07) is 3.26. The van der Waals surface area contributed by atoms with Crippen LogP contribution in [-0.2, 0) is 17.5 Å². The average Bonchev–Trinajstić information content (AvgIpc) is 3.02. The van der Waals surface area contributed by atoms with E-state index in [0.717, 1.165) is 32.4 Å². The van der Waals surface area contributed by atoms with Crippen molar-refractivity contribution in [3.63, 3.8) is 0 Å². The van der Waals surface area contributed by atoms with E-state index in [1.54, 1.807) is 12.1 Å². The summed E-state index contributed by atoms with van der Waals surface area (Å²) >= 11 is -2.31. The molecule has 3 N–H and O–H groups in total. The summed E-state index contributed by atoms with van der Waals surface area (Å²) in [4.78, 5) is 0.292. The van der Waals surface area contributed by atoms with Gasteiger partial charge in [-0.15, -0.1) is 0 Å². The quantitative estimate of drug-likeness (QED) is 0.492. The van der Waals surface area contributed by atoms with Crippen LogP contribution in [0.25, 0.3) is 0 Å². The molecule has 1 aliphatic heterocycles. The van der Waals surface area contributed by atoms with E-state index < -0.39 is 11.1 Å². The Bertz CT molecular complexity index is 582. The van der Waals surface area contributed by atoms with Gasteiger partial charge < -0.3 is 25.1 Å². The van der Waals surface area contributed by atoms with Gasteiger partial charge in [-0.1, -0.05) is 20.3 Å². The zero-order valence-electron chi connectivity index (χ0n) is 14.4. The monoisotopic (exact) mass is 355 g/mol. The van der Waals surface area contributed by atoms with Crippen LogP contribution in [0.1, 0.15) is 38.7 Å². The third-order valence-electron chi connectivity index (χ3n) is 4.42. The minimum atomic E-state index is -2.31. The summed E-state index contributed by atoms with van der Waals surface area (Å²) in [6.45, 7) is 6.73. The molecule has 2 atom stereocenters. The lowest BCUT2D eigenvalue weighted by Gasteiger charge is -2.31. The van der Waals surface area contributed by atoms with E-state index in [0.29, 0.717) is 34.9 Å². The molecule has 136 valence electrons. The molecule has 6 nitrogen and oxygen atoms in total. The van der Waals surface area contributed by atoms with Gasteiger partial charge in [-0.3, -0.25) is 4.21 Å². The summed E-state index contributed by atoms with van der Waals surface area (Å²) in [6.07, 6.45) is 3.56. The van der Waals surface area contributed by atoms with Crippen molar-refractivity contribution >= 4 is 11.1 Å². The van der Waals surface area contributed by atoms with Crippen molar-refractivity contribution in [2.24, 2.45) is 11.1 Å². The van der Waals surface area contributed by atoms with Crippen molar-refractivity contribution in [2.45, 2.75) is 44.4 Å². The Labute approximate surface area is 146 Å². The molecule has 1 aromatic carbocycles. The van der Waals surface area contributed by atoms with Crippen molar-refractivity contribution < 1.29 is 18.2 Å². The largest absolute Gasteiger partial charge is 0.768 e.